The summed E-state index contributed by atoms with van der Waals surface area (Å²) in [6, 6.07) is 8.01. The number of anilines is 1. The molecule has 0 fully saturated rings. The Hall–Kier alpha value is -1.18. The Morgan fingerprint density at radius 3 is 0.952 bits per heavy atom. The first-order chi connectivity index (χ1) is 20.8. The van der Waals surface area contributed by atoms with Crippen molar-refractivity contribution >= 4 is 5.69 Å². The lowest BCUT2D eigenvalue weighted by atomic mass is 10.0. The van der Waals surface area contributed by atoms with Gasteiger partial charge in [0.2, 0.25) is 0 Å². The van der Waals surface area contributed by atoms with Crippen molar-refractivity contribution in [3.05, 3.63) is 24.3 Å². The maximum absolute atomic E-state index is 6.45. The maximum atomic E-state index is 6.45. The lowest BCUT2D eigenvalue weighted by molar-refractivity contribution is 0.172. The molecule has 0 amide bonds. The number of hydrogen-bond acceptors (Lipinski definition) is 2. The van der Waals surface area contributed by atoms with Crippen LogP contribution in [0.3, 0.4) is 0 Å². The highest BCUT2D eigenvalue weighted by atomic mass is 16.5. The molecule has 1 unspecified atom stereocenters. The number of rotatable bonds is 33. The highest BCUT2D eigenvalue weighted by Crippen LogP contribution is 2.22. The van der Waals surface area contributed by atoms with Crippen LogP contribution in [0.2, 0.25) is 0 Å². The van der Waals surface area contributed by atoms with Crippen LogP contribution in [-0.2, 0) is 0 Å². The number of benzene rings is 1. The van der Waals surface area contributed by atoms with E-state index in [4.69, 9.17) is 10.5 Å². The summed E-state index contributed by atoms with van der Waals surface area (Å²) in [5.74, 6) is 0.987. The first-order valence-electron chi connectivity index (χ1n) is 19.3. The van der Waals surface area contributed by atoms with Gasteiger partial charge < -0.3 is 10.5 Å². The van der Waals surface area contributed by atoms with Gasteiger partial charge >= 0.3 is 0 Å². The van der Waals surface area contributed by atoms with E-state index >= 15 is 0 Å². The van der Waals surface area contributed by atoms with Crippen LogP contribution in [0.25, 0.3) is 0 Å². The fourth-order valence-corrected chi connectivity index (χ4v) is 6.31. The molecule has 0 aliphatic rings. The topological polar surface area (TPSA) is 35.2 Å². The molecule has 0 bridgehead atoms. The van der Waals surface area contributed by atoms with Crippen molar-refractivity contribution in [2.24, 2.45) is 0 Å². The van der Waals surface area contributed by atoms with E-state index in [0.717, 1.165) is 11.4 Å². The molecule has 1 aromatic rings. The van der Waals surface area contributed by atoms with Gasteiger partial charge in [-0.2, -0.15) is 0 Å². The number of nitrogen functional groups attached to an aromatic ring is 1. The van der Waals surface area contributed by atoms with Crippen molar-refractivity contribution in [1.29, 1.82) is 0 Å². The van der Waals surface area contributed by atoms with Gasteiger partial charge in [-0.05, 0) is 49.9 Å². The second kappa shape index (κ2) is 31.3. The standard InChI is InChI=1S/C40H75NO/c1-3-5-7-9-11-13-15-17-19-21-23-25-27-29-31-33-39(42-40-36-34-38(41)35-37-40)32-30-28-26-24-22-20-18-16-14-12-10-8-6-4-2/h34-37,39H,3-33,41H2,1-2H3. The molecule has 0 saturated carbocycles. The van der Waals surface area contributed by atoms with Gasteiger partial charge in [0.1, 0.15) is 5.75 Å². The van der Waals surface area contributed by atoms with Gasteiger partial charge in [-0.1, -0.05) is 187 Å². The van der Waals surface area contributed by atoms with Crippen LogP contribution in [0, 0.1) is 0 Å². The second-order valence-electron chi connectivity index (χ2n) is 13.4. The Morgan fingerprint density at radius 2 is 0.667 bits per heavy atom. The average Bonchev–Trinajstić information content (AvgIpc) is 3.00. The molecule has 0 aromatic heterocycles. The van der Waals surface area contributed by atoms with Crippen molar-refractivity contribution in [1.82, 2.24) is 0 Å². The summed E-state index contributed by atoms with van der Waals surface area (Å²) < 4.78 is 6.45. The Balaban J connectivity index is 2.05. The summed E-state index contributed by atoms with van der Waals surface area (Å²) >= 11 is 0. The van der Waals surface area contributed by atoms with E-state index in [9.17, 15) is 0 Å². The molecule has 0 spiro atoms. The first-order valence-corrected chi connectivity index (χ1v) is 19.3. The van der Waals surface area contributed by atoms with E-state index in [1.165, 1.54) is 199 Å². The molecule has 2 N–H and O–H groups in total. The van der Waals surface area contributed by atoms with Crippen molar-refractivity contribution < 1.29 is 4.74 Å². The Morgan fingerprint density at radius 1 is 0.405 bits per heavy atom. The number of hydrogen-bond donors (Lipinski definition) is 1. The molecule has 0 saturated heterocycles. The minimum Gasteiger partial charge on any atom is -0.490 e. The smallest absolute Gasteiger partial charge is 0.119 e. The summed E-state index contributed by atoms with van der Waals surface area (Å²) in [7, 11) is 0. The van der Waals surface area contributed by atoms with Gasteiger partial charge in [-0.3, -0.25) is 0 Å². The molecule has 1 rings (SSSR count). The van der Waals surface area contributed by atoms with Crippen molar-refractivity contribution in [2.45, 2.75) is 219 Å². The van der Waals surface area contributed by atoms with Crippen LogP contribution in [0.1, 0.15) is 213 Å². The van der Waals surface area contributed by atoms with Gasteiger partial charge in [-0.25, -0.2) is 0 Å². The minimum absolute atomic E-state index is 0.355. The Labute approximate surface area is 264 Å². The van der Waals surface area contributed by atoms with Gasteiger partial charge in [-0.15, -0.1) is 0 Å². The second-order valence-corrected chi connectivity index (χ2v) is 13.4. The van der Waals surface area contributed by atoms with E-state index in [1.54, 1.807) is 0 Å². The Bertz CT molecular complexity index is 642. The number of nitrogens with two attached hydrogens (primary N) is 1. The van der Waals surface area contributed by atoms with E-state index < -0.39 is 0 Å². The van der Waals surface area contributed by atoms with Crippen molar-refractivity contribution in [3.8, 4) is 5.75 Å². The summed E-state index contributed by atoms with van der Waals surface area (Å²) in [4.78, 5) is 0. The normalized spacial score (nSPS) is 12.1. The Kier molecular flexibility index (Phi) is 28.9. The van der Waals surface area contributed by atoms with Crippen LogP contribution in [0.4, 0.5) is 5.69 Å². The van der Waals surface area contributed by atoms with E-state index in [2.05, 4.69) is 13.8 Å². The number of ether oxygens (including phenoxy) is 1. The van der Waals surface area contributed by atoms with Crippen molar-refractivity contribution in [2.75, 3.05) is 5.73 Å². The molecular weight excluding hydrogens is 510 g/mol. The quantitative estimate of drug-likeness (QED) is 0.0657. The predicted molar refractivity (Wildman–Crippen MR) is 190 cm³/mol. The summed E-state index contributed by atoms with van der Waals surface area (Å²) in [6.07, 6.45) is 43.9. The summed E-state index contributed by atoms with van der Waals surface area (Å²) in [6.45, 7) is 4.60. The van der Waals surface area contributed by atoms with Crippen LogP contribution >= 0.6 is 0 Å². The molecule has 1 aromatic carbocycles. The highest BCUT2D eigenvalue weighted by molar-refractivity contribution is 5.41. The fraction of sp³-hybridized carbons (Fsp3) is 0.850. The molecular formula is C40H75NO. The summed E-state index contributed by atoms with van der Waals surface area (Å²) in [5.41, 5.74) is 6.71. The van der Waals surface area contributed by atoms with E-state index in [0.29, 0.717) is 6.10 Å². The zero-order valence-electron chi connectivity index (χ0n) is 28.8. The zero-order valence-corrected chi connectivity index (χ0v) is 28.8. The minimum atomic E-state index is 0.355. The molecule has 0 radical (unpaired) electrons. The third-order valence-corrected chi connectivity index (χ3v) is 9.19. The zero-order chi connectivity index (χ0) is 30.2. The van der Waals surface area contributed by atoms with Gasteiger partial charge in [0.25, 0.3) is 0 Å². The third-order valence-electron chi connectivity index (χ3n) is 9.19. The van der Waals surface area contributed by atoms with Crippen LogP contribution < -0.4 is 10.5 Å². The van der Waals surface area contributed by atoms with E-state index in [1.807, 2.05) is 24.3 Å². The molecule has 0 aliphatic carbocycles. The number of unbranched alkanes of at least 4 members (excludes halogenated alkanes) is 27. The third kappa shape index (κ3) is 26.4. The SMILES string of the molecule is CCCCCCCCCCCCCCCCCC(CCCCCCCCCCCCCCCC)Oc1ccc(N)cc1. The van der Waals surface area contributed by atoms with Crippen molar-refractivity contribution in [3.63, 3.8) is 0 Å². The molecule has 246 valence electrons. The average molecular weight is 586 g/mol. The molecule has 2 nitrogen and oxygen atoms in total. The van der Waals surface area contributed by atoms with Gasteiger partial charge in [0, 0.05) is 5.69 Å². The molecule has 2 heteroatoms. The van der Waals surface area contributed by atoms with Crippen LogP contribution in [0.15, 0.2) is 24.3 Å². The van der Waals surface area contributed by atoms with E-state index in [-0.39, 0.29) is 0 Å². The van der Waals surface area contributed by atoms with Gasteiger partial charge in [0.05, 0.1) is 6.10 Å². The monoisotopic (exact) mass is 586 g/mol. The lowest BCUT2D eigenvalue weighted by Crippen LogP contribution is -2.16. The maximum Gasteiger partial charge on any atom is 0.119 e. The molecule has 1 atom stereocenters. The van der Waals surface area contributed by atoms with Crippen LogP contribution in [0.5, 0.6) is 5.75 Å². The fourth-order valence-electron chi connectivity index (χ4n) is 6.31. The van der Waals surface area contributed by atoms with Gasteiger partial charge in [0.15, 0.2) is 0 Å². The highest BCUT2D eigenvalue weighted by Gasteiger charge is 2.11. The lowest BCUT2D eigenvalue weighted by Gasteiger charge is -2.19. The molecule has 42 heavy (non-hydrogen) atoms. The predicted octanol–water partition coefficient (Wildman–Crippen LogP) is 14.1. The molecule has 0 aliphatic heterocycles. The molecule has 0 heterocycles. The van der Waals surface area contributed by atoms with Crippen LogP contribution in [-0.4, -0.2) is 6.10 Å². The largest absolute Gasteiger partial charge is 0.490 e. The summed E-state index contributed by atoms with van der Waals surface area (Å²) in [5, 5.41) is 0. The first kappa shape index (κ1) is 38.8.